The van der Waals surface area contributed by atoms with Gasteiger partial charge in [-0.1, -0.05) is 0 Å². The molecule has 4 heteroatoms. The lowest BCUT2D eigenvalue weighted by atomic mass is 10.3. The van der Waals surface area contributed by atoms with Crippen LogP contribution >= 0.6 is 11.3 Å². The summed E-state index contributed by atoms with van der Waals surface area (Å²) in [4.78, 5) is 4.21. The van der Waals surface area contributed by atoms with Crippen LogP contribution in [0.5, 0.6) is 0 Å². The summed E-state index contributed by atoms with van der Waals surface area (Å²) in [6.07, 6.45) is 1.64. The first-order chi connectivity index (χ1) is 6.31. The first-order valence-corrected chi connectivity index (χ1v) is 4.79. The van der Waals surface area contributed by atoms with Crippen molar-refractivity contribution in [2.75, 3.05) is 0 Å². The van der Waals surface area contributed by atoms with Gasteiger partial charge < -0.3 is 9.52 Å². The highest BCUT2D eigenvalue weighted by atomic mass is 32.1. The molecule has 0 radical (unpaired) electrons. The molecule has 0 bridgehead atoms. The van der Waals surface area contributed by atoms with E-state index in [-0.39, 0.29) is 6.61 Å². The quantitative estimate of drug-likeness (QED) is 0.799. The molecule has 0 unspecified atom stereocenters. The van der Waals surface area contributed by atoms with Gasteiger partial charge in [-0.25, -0.2) is 4.98 Å². The van der Waals surface area contributed by atoms with Gasteiger partial charge in [-0.05, 0) is 18.6 Å². The molecule has 0 saturated heterocycles. The minimum Gasteiger partial charge on any atom is -0.462 e. The van der Waals surface area contributed by atoms with E-state index < -0.39 is 0 Å². The van der Waals surface area contributed by atoms with Crippen molar-refractivity contribution in [3.05, 3.63) is 29.0 Å². The zero-order chi connectivity index (χ0) is 9.26. The predicted octanol–water partition coefficient (Wildman–Crippen LogP) is 2.20. The molecular weight excluding hydrogens is 186 g/mol. The highest BCUT2D eigenvalue weighted by molar-refractivity contribution is 7.13. The molecule has 0 fully saturated rings. The van der Waals surface area contributed by atoms with Gasteiger partial charge in [-0.15, -0.1) is 11.3 Å². The Kier molecular flexibility index (Phi) is 2.16. The Morgan fingerprint density at radius 1 is 1.62 bits per heavy atom. The first kappa shape index (κ1) is 8.47. The molecule has 68 valence electrons. The molecule has 0 aromatic carbocycles. The summed E-state index contributed by atoms with van der Waals surface area (Å²) >= 11 is 1.48. The number of rotatable bonds is 2. The summed E-state index contributed by atoms with van der Waals surface area (Å²) in [6.45, 7) is 1.95. The van der Waals surface area contributed by atoms with E-state index in [0.717, 1.165) is 16.3 Å². The van der Waals surface area contributed by atoms with Crippen molar-refractivity contribution < 1.29 is 9.52 Å². The van der Waals surface area contributed by atoms with Crippen LogP contribution in [0.1, 0.15) is 11.3 Å². The minimum absolute atomic E-state index is 0.0176. The maximum atomic E-state index is 8.83. The molecule has 0 spiro atoms. The number of aliphatic hydroxyl groups excluding tert-OH is 1. The van der Waals surface area contributed by atoms with Crippen LogP contribution in [0, 0.1) is 6.92 Å². The van der Waals surface area contributed by atoms with Crippen molar-refractivity contribution in [3.8, 4) is 10.8 Å². The Hall–Kier alpha value is -1.13. The summed E-state index contributed by atoms with van der Waals surface area (Å²) in [5, 5.41) is 11.5. The number of furan rings is 1. The highest BCUT2D eigenvalue weighted by Gasteiger charge is 2.09. The van der Waals surface area contributed by atoms with Crippen molar-refractivity contribution in [2.45, 2.75) is 13.5 Å². The Morgan fingerprint density at radius 3 is 3.00 bits per heavy atom. The Balaban J connectivity index is 2.41. The van der Waals surface area contributed by atoms with Gasteiger partial charge in [0.1, 0.15) is 0 Å². The monoisotopic (exact) mass is 195 g/mol. The van der Waals surface area contributed by atoms with Crippen LogP contribution in [0.25, 0.3) is 10.8 Å². The largest absolute Gasteiger partial charge is 0.462 e. The molecule has 2 aromatic rings. The Labute approximate surface area is 79.7 Å². The molecule has 0 amide bonds. The van der Waals surface area contributed by atoms with Crippen molar-refractivity contribution >= 4 is 11.3 Å². The lowest BCUT2D eigenvalue weighted by Crippen LogP contribution is -1.82. The van der Waals surface area contributed by atoms with Gasteiger partial charge in [0.15, 0.2) is 10.8 Å². The summed E-state index contributed by atoms with van der Waals surface area (Å²) in [6, 6.07) is 1.90. The van der Waals surface area contributed by atoms with Crippen molar-refractivity contribution in [1.82, 2.24) is 4.98 Å². The first-order valence-electron chi connectivity index (χ1n) is 3.91. The molecule has 2 heterocycles. The fraction of sp³-hybridized carbons (Fsp3) is 0.222. The van der Waals surface area contributed by atoms with Gasteiger partial charge in [0.25, 0.3) is 0 Å². The summed E-state index contributed by atoms with van der Waals surface area (Å²) in [5.41, 5.74) is 1.76. The zero-order valence-corrected chi connectivity index (χ0v) is 7.97. The third-order valence-corrected chi connectivity index (χ3v) is 2.66. The van der Waals surface area contributed by atoms with Crippen molar-refractivity contribution in [2.24, 2.45) is 0 Å². The fourth-order valence-electron chi connectivity index (χ4n) is 1.08. The van der Waals surface area contributed by atoms with Gasteiger partial charge >= 0.3 is 0 Å². The topological polar surface area (TPSA) is 46.3 Å². The smallest absolute Gasteiger partial charge is 0.165 e. The number of aryl methyl sites for hydroxylation is 1. The van der Waals surface area contributed by atoms with Crippen molar-refractivity contribution in [3.63, 3.8) is 0 Å². The van der Waals surface area contributed by atoms with Crippen LogP contribution in [0.4, 0.5) is 0 Å². The second-order valence-electron chi connectivity index (χ2n) is 2.73. The van der Waals surface area contributed by atoms with E-state index in [1.165, 1.54) is 11.3 Å². The third kappa shape index (κ3) is 1.50. The molecule has 3 nitrogen and oxygen atoms in total. The Bertz CT molecular complexity index is 405. The number of thiazole rings is 1. The maximum absolute atomic E-state index is 8.83. The standard InChI is InChI=1S/C9H9NO2S/c1-6-2-3-12-8(6)9-10-7(4-11)5-13-9/h2-3,5,11H,4H2,1H3. The maximum Gasteiger partial charge on any atom is 0.165 e. The van der Waals surface area contributed by atoms with Crippen molar-refractivity contribution in [1.29, 1.82) is 0 Å². The average molecular weight is 195 g/mol. The zero-order valence-electron chi connectivity index (χ0n) is 7.15. The van der Waals surface area contributed by atoms with E-state index in [2.05, 4.69) is 4.98 Å². The number of nitrogens with zero attached hydrogens (tertiary/aromatic N) is 1. The third-order valence-electron chi connectivity index (χ3n) is 1.77. The van der Waals surface area contributed by atoms with Crippen LogP contribution in [-0.4, -0.2) is 10.1 Å². The van der Waals surface area contributed by atoms with E-state index in [4.69, 9.17) is 9.52 Å². The SMILES string of the molecule is Cc1ccoc1-c1nc(CO)cs1. The number of aliphatic hydroxyl groups is 1. The molecule has 0 aliphatic rings. The molecular formula is C9H9NO2S. The lowest BCUT2D eigenvalue weighted by molar-refractivity contribution is 0.277. The fourth-order valence-corrected chi connectivity index (χ4v) is 1.94. The summed E-state index contributed by atoms with van der Waals surface area (Å²) < 4.78 is 5.27. The van der Waals surface area contributed by atoms with Gasteiger partial charge in [0.2, 0.25) is 0 Å². The second-order valence-corrected chi connectivity index (χ2v) is 3.59. The average Bonchev–Trinajstić information content (AvgIpc) is 2.71. The lowest BCUT2D eigenvalue weighted by Gasteiger charge is -1.90. The number of aromatic nitrogens is 1. The van der Waals surface area contributed by atoms with E-state index in [9.17, 15) is 0 Å². The summed E-state index contributed by atoms with van der Waals surface area (Å²) in [7, 11) is 0. The normalized spacial score (nSPS) is 10.6. The number of hydrogen-bond acceptors (Lipinski definition) is 4. The van der Waals surface area contributed by atoms with Gasteiger partial charge in [0.05, 0.1) is 18.6 Å². The van der Waals surface area contributed by atoms with E-state index in [0.29, 0.717) is 5.69 Å². The molecule has 0 saturated carbocycles. The minimum atomic E-state index is -0.0176. The number of hydrogen-bond donors (Lipinski definition) is 1. The summed E-state index contributed by atoms with van der Waals surface area (Å²) in [5.74, 6) is 0.796. The van der Waals surface area contributed by atoms with E-state index in [1.54, 1.807) is 6.26 Å². The van der Waals surface area contributed by atoms with Crippen LogP contribution in [0.2, 0.25) is 0 Å². The van der Waals surface area contributed by atoms with Gasteiger partial charge in [-0.3, -0.25) is 0 Å². The molecule has 0 aliphatic carbocycles. The van der Waals surface area contributed by atoms with Gasteiger partial charge in [0, 0.05) is 5.38 Å². The van der Waals surface area contributed by atoms with Crippen LogP contribution in [0.15, 0.2) is 22.1 Å². The van der Waals surface area contributed by atoms with E-state index in [1.807, 2.05) is 18.4 Å². The molecule has 2 aromatic heterocycles. The molecule has 0 aliphatic heterocycles. The molecule has 1 N–H and O–H groups in total. The van der Waals surface area contributed by atoms with Crippen LogP contribution < -0.4 is 0 Å². The predicted molar refractivity (Wildman–Crippen MR) is 50.5 cm³/mol. The van der Waals surface area contributed by atoms with Crippen LogP contribution in [-0.2, 0) is 6.61 Å². The van der Waals surface area contributed by atoms with Gasteiger partial charge in [-0.2, -0.15) is 0 Å². The molecule has 0 atom stereocenters. The molecule has 13 heavy (non-hydrogen) atoms. The highest BCUT2D eigenvalue weighted by Crippen LogP contribution is 2.27. The molecule has 2 rings (SSSR count). The van der Waals surface area contributed by atoms with Crippen LogP contribution in [0.3, 0.4) is 0 Å². The van der Waals surface area contributed by atoms with E-state index >= 15 is 0 Å². The Morgan fingerprint density at radius 2 is 2.46 bits per heavy atom. The second kappa shape index (κ2) is 3.32.